The number of nitrogens with one attached hydrogen (secondary N) is 2. The minimum absolute atomic E-state index is 0.0356. The molecule has 3 N–H and O–H groups in total. The summed E-state index contributed by atoms with van der Waals surface area (Å²) in [6.45, 7) is 4.20. The van der Waals surface area contributed by atoms with Crippen LogP contribution in [0.5, 0.6) is 0 Å². The van der Waals surface area contributed by atoms with Crippen molar-refractivity contribution in [2.45, 2.75) is 63.3 Å². The van der Waals surface area contributed by atoms with Crippen molar-refractivity contribution < 1.29 is 33.7 Å². The number of carbonyl (C=O) groups is 3. The van der Waals surface area contributed by atoms with Crippen LogP contribution < -0.4 is 10.6 Å². The average Bonchev–Trinajstić information content (AvgIpc) is 2.96. The summed E-state index contributed by atoms with van der Waals surface area (Å²) >= 11 is 1.65. The van der Waals surface area contributed by atoms with Crippen molar-refractivity contribution in [3.8, 4) is 0 Å². The summed E-state index contributed by atoms with van der Waals surface area (Å²) in [7, 11) is 0. The summed E-state index contributed by atoms with van der Waals surface area (Å²) in [5, 5.41) is 15.0. The van der Waals surface area contributed by atoms with E-state index >= 15 is 0 Å². The molecule has 0 aliphatic carbocycles. The summed E-state index contributed by atoms with van der Waals surface area (Å²) in [5.41, 5.74) is 3.79. The van der Waals surface area contributed by atoms with Gasteiger partial charge in [-0.3, -0.25) is 14.4 Å². The molecule has 1 heterocycles. The number of benzene rings is 3. The van der Waals surface area contributed by atoms with Crippen LogP contribution in [0.2, 0.25) is 0 Å². The molecule has 216 valence electrons. The Labute approximate surface area is 243 Å². The number of hydrogen-bond acceptors (Lipinski definition) is 8. The largest absolute Gasteiger partial charge is 0.453 e. The second kappa shape index (κ2) is 14.3. The zero-order valence-corrected chi connectivity index (χ0v) is 24.0. The van der Waals surface area contributed by atoms with Gasteiger partial charge in [0.1, 0.15) is 0 Å². The highest BCUT2D eigenvalue weighted by atomic mass is 32.2. The van der Waals surface area contributed by atoms with Gasteiger partial charge in [0.05, 0.1) is 18.8 Å². The number of ether oxygens (including phenoxy) is 3. The van der Waals surface area contributed by atoms with Crippen molar-refractivity contribution in [3.63, 3.8) is 0 Å². The normalized spacial score (nSPS) is 19.2. The van der Waals surface area contributed by atoms with E-state index in [2.05, 4.69) is 10.6 Å². The Kier molecular flexibility index (Phi) is 10.5. The molecule has 10 heteroatoms. The van der Waals surface area contributed by atoms with Crippen molar-refractivity contribution in [2.24, 2.45) is 0 Å². The molecule has 3 aromatic rings. The molecule has 4 atom stereocenters. The van der Waals surface area contributed by atoms with Crippen LogP contribution in [0.25, 0.3) is 0 Å². The molecule has 0 saturated carbocycles. The lowest BCUT2D eigenvalue weighted by atomic mass is 10.0. The number of aliphatic hydroxyl groups is 1. The molecule has 1 unspecified atom stereocenters. The zero-order chi connectivity index (χ0) is 29.4. The lowest BCUT2D eigenvalue weighted by Crippen LogP contribution is -2.31. The molecule has 4 rings (SSSR count). The first-order chi connectivity index (χ1) is 19.7. The van der Waals surface area contributed by atoms with Crippen LogP contribution in [0, 0.1) is 0 Å². The number of esters is 1. The minimum atomic E-state index is -0.932. The molecule has 0 radical (unpaired) electrons. The Bertz CT molecular complexity index is 1350. The van der Waals surface area contributed by atoms with Crippen molar-refractivity contribution in [1.82, 2.24) is 0 Å². The number of anilines is 2. The molecule has 1 saturated heterocycles. The second-order valence-electron chi connectivity index (χ2n) is 9.73. The van der Waals surface area contributed by atoms with Gasteiger partial charge < -0.3 is 30.0 Å². The van der Waals surface area contributed by atoms with Gasteiger partial charge in [-0.2, -0.15) is 0 Å². The number of amides is 2. The van der Waals surface area contributed by atoms with Gasteiger partial charge >= 0.3 is 5.97 Å². The van der Waals surface area contributed by atoms with Crippen LogP contribution in [-0.4, -0.2) is 40.9 Å². The molecule has 41 heavy (non-hydrogen) atoms. The molecule has 3 aromatic carbocycles. The average molecular weight is 579 g/mol. The van der Waals surface area contributed by atoms with Gasteiger partial charge in [0.25, 0.3) is 5.91 Å². The highest BCUT2D eigenvalue weighted by molar-refractivity contribution is 7.99. The lowest BCUT2D eigenvalue weighted by Gasteiger charge is -2.36. The molecule has 0 spiro atoms. The van der Waals surface area contributed by atoms with E-state index in [0.29, 0.717) is 17.9 Å². The topological polar surface area (TPSA) is 123 Å². The first-order valence-electron chi connectivity index (χ1n) is 13.3. The molecule has 2 amide bonds. The first-order valence-corrected chi connectivity index (χ1v) is 14.3. The highest BCUT2D eigenvalue weighted by Gasteiger charge is 2.32. The van der Waals surface area contributed by atoms with E-state index in [-0.39, 0.29) is 24.7 Å². The molecule has 0 aromatic heterocycles. The number of carbonyl (C=O) groups excluding carboxylic acids is 3. The second-order valence-corrected chi connectivity index (χ2v) is 10.8. The van der Waals surface area contributed by atoms with Gasteiger partial charge in [0.15, 0.2) is 12.4 Å². The van der Waals surface area contributed by atoms with E-state index in [0.717, 1.165) is 27.3 Å². The van der Waals surface area contributed by atoms with E-state index in [1.807, 2.05) is 54.6 Å². The van der Waals surface area contributed by atoms with Crippen LogP contribution in [0.3, 0.4) is 0 Å². The van der Waals surface area contributed by atoms with Gasteiger partial charge in [-0.25, -0.2) is 0 Å². The minimum Gasteiger partial charge on any atom is -0.453 e. The summed E-state index contributed by atoms with van der Waals surface area (Å²) in [6.07, 6.45) is -1.41. The smallest absolute Gasteiger partial charge is 0.303 e. The van der Waals surface area contributed by atoms with Gasteiger partial charge in [0.2, 0.25) is 5.91 Å². The van der Waals surface area contributed by atoms with Gasteiger partial charge in [0, 0.05) is 47.9 Å². The number of aliphatic hydroxyl groups excluding tert-OH is 1. The highest BCUT2D eigenvalue weighted by Crippen LogP contribution is 2.40. The van der Waals surface area contributed by atoms with E-state index in [1.165, 1.54) is 20.8 Å². The third kappa shape index (κ3) is 8.89. The fourth-order valence-electron chi connectivity index (χ4n) is 4.36. The Morgan fingerprint density at radius 2 is 1.68 bits per heavy atom. The van der Waals surface area contributed by atoms with Crippen LogP contribution >= 0.6 is 11.8 Å². The van der Waals surface area contributed by atoms with Crippen molar-refractivity contribution in [1.29, 1.82) is 0 Å². The van der Waals surface area contributed by atoms with E-state index in [9.17, 15) is 19.5 Å². The molecule has 1 aliphatic rings. The monoisotopic (exact) mass is 578 g/mol. The Morgan fingerprint density at radius 3 is 2.34 bits per heavy atom. The van der Waals surface area contributed by atoms with Crippen LogP contribution in [-0.2, 0) is 35.2 Å². The molecule has 1 aliphatic heterocycles. The van der Waals surface area contributed by atoms with E-state index in [1.54, 1.807) is 30.0 Å². The van der Waals surface area contributed by atoms with Crippen LogP contribution in [0.15, 0.2) is 77.7 Å². The van der Waals surface area contributed by atoms with Crippen molar-refractivity contribution >= 4 is 40.9 Å². The predicted octanol–water partition coefficient (Wildman–Crippen LogP) is 5.37. The molecule has 0 bridgehead atoms. The maximum atomic E-state index is 12.5. The summed E-state index contributed by atoms with van der Waals surface area (Å²) in [4.78, 5) is 36.0. The maximum absolute atomic E-state index is 12.5. The fourth-order valence-corrected chi connectivity index (χ4v) is 5.28. The van der Waals surface area contributed by atoms with Crippen molar-refractivity contribution in [2.75, 3.05) is 16.4 Å². The van der Waals surface area contributed by atoms with Crippen molar-refractivity contribution in [3.05, 3.63) is 89.5 Å². The summed E-state index contributed by atoms with van der Waals surface area (Å²) in [6, 6.07) is 22.5. The number of thioether (sulfide) groups is 1. The maximum Gasteiger partial charge on any atom is 0.303 e. The quantitative estimate of drug-likeness (QED) is 0.217. The predicted molar refractivity (Wildman–Crippen MR) is 156 cm³/mol. The molecular formula is C31H34N2O7S. The third-order valence-electron chi connectivity index (χ3n) is 6.36. The SMILES string of the molecule is CC(=O)Nc1ccc(SC[C@@H]2C[C@H](c3ccc(CO)cc3)OC(c3cccc(NC(=O)[C@H](C)OC(C)=O)c3)O2)cc1. The third-order valence-corrected chi connectivity index (χ3v) is 7.51. The van der Waals surface area contributed by atoms with E-state index in [4.69, 9.17) is 14.2 Å². The van der Waals surface area contributed by atoms with Crippen LogP contribution in [0.4, 0.5) is 11.4 Å². The standard InChI is InChI=1S/C31H34N2O7S/c1-19(38-21(3)36)30(37)33-26-6-4-5-24(15-26)31-39-27(16-29(40-31)23-9-7-22(17-34)8-10-23)18-41-28-13-11-25(12-14-28)32-20(2)35/h4-15,19,27,29,31,34H,16-18H2,1-3H3,(H,32,35)(H,33,37)/t19-,27-,29+,31?/m0/s1. The Balaban J connectivity index is 1.50. The molecule has 1 fully saturated rings. The van der Waals surface area contributed by atoms with Gasteiger partial charge in [-0.15, -0.1) is 11.8 Å². The number of rotatable bonds is 10. The van der Waals surface area contributed by atoms with E-state index < -0.39 is 24.3 Å². The molecular weight excluding hydrogens is 544 g/mol. The molecule has 9 nitrogen and oxygen atoms in total. The fraction of sp³-hybridized carbons (Fsp3) is 0.323. The lowest BCUT2D eigenvalue weighted by molar-refractivity contribution is -0.245. The van der Waals surface area contributed by atoms with Crippen LogP contribution in [0.1, 0.15) is 56.3 Å². The van der Waals surface area contributed by atoms with Gasteiger partial charge in [-0.05, 0) is 54.4 Å². The number of hydrogen-bond donors (Lipinski definition) is 3. The Hall–Kier alpha value is -3.70. The zero-order valence-electron chi connectivity index (χ0n) is 23.2. The summed E-state index contributed by atoms with van der Waals surface area (Å²) in [5.74, 6) is -0.423. The summed E-state index contributed by atoms with van der Waals surface area (Å²) < 4.78 is 17.8. The van der Waals surface area contributed by atoms with Gasteiger partial charge in [-0.1, -0.05) is 36.4 Å². The first kappa shape index (κ1) is 30.3. The Morgan fingerprint density at radius 1 is 0.951 bits per heavy atom.